The Kier molecular flexibility index (Phi) is 7.26. The Morgan fingerprint density at radius 1 is 0.556 bits per heavy atom. The van der Waals surface area contributed by atoms with Gasteiger partial charge >= 0.3 is 0 Å². The number of aromatic nitrogens is 4. The predicted molar refractivity (Wildman–Crippen MR) is 369 cm³/mol. The summed E-state index contributed by atoms with van der Waals surface area (Å²) in [6, 6.07) is -5.19. The van der Waals surface area contributed by atoms with Gasteiger partial charge in [0.15, 0.2) is 8.07 Å². The van der Waals surface area contributed by atoms with Crippen LogP contribution in [0.1, 0.15) is 126 Å². The maximum absolute atomic E-state index is 10.9. The number of benzene rings is 11. The summed E-state index contributed by atoms with van der Waals surface area (Å²) in [6.07, 6.45) is 2.78. The molecule has 0 amide bonds. The van der Waals surface area contributed by atoms with Crippen molar-refractivity contribution in [3.63, 3.8) is 0 Å². The number of hydrogen-bond acceptors (Lipinski definition) is 2. The van der Waals surface area contributed by atoms with Gasteiger partial charge in [-0.15, -0.1) is 29.7 Å². The first-order chi connectivity index (χ1) is 59.8. The SMILES string of the molecule is [2H]c1c([2H])c([2H])c(-c2cc(-c3c([2H])c([2H])c4c(c3[2H])C(C([2H])([2H])[2H])(C([2H])([2H])[2H])CC4(C([2H])([2H])[2H])C([2H])([2H])[2H])c(-[n+]3[c-]n(-c4[c-]c(Oc5[c-]c6c(cc5)c5ccccc5n6-c5cc(C(C)(C)C)ccn5)ccc4)c4cc(-c5c([2H])c([2H])c([2H])c([2H])c5[2H])ccc43)c([Si](c3c([2H])c([2H])c([2H])c([2H])c3[2H])(c3c([2H])c([2H])c([2H])c([2H])c3[2H])c3c([2H])c([2H])c([2H])c([2H])c3[2H])c2)c([2H])c1[2H].[Pt]. The second kappa shape index (κ2) is 22.9. The standard InChI is InChI=1S/C83H68N4OSi.Pt/c1-81(2,3)62-46-47-84-79(52-62)87-74-39-24-23-38-69(74)70-43-42-65(54-76(70)87)88-64-31-25-30-63(53-64)85-56-86(75-45-41-59(50-77(75)85)57-26-13-8-14-27-57)80-71(60-40-44-72-73(49-60)83(6,7)55-82(72,4)5)48-61(58-28-15-9-16-29-58)51-78(80)89(66-32-17-10-18-33-66,67-34-19-11-20-35-67)68-36-21-12-22-37-68;/h8-52H,55H2,1-7H3;/q-2;/i4D3,5D3,6D3,7D3,8D,9D,10D,11D,12D,13D,14D,15D,16D,17D,18D,19D,20D,21D,22D,26D,27D,28D,29D,32D,33D,34D,35D,36D,37D,40D,44D,49D;. The molecular formula is C83H68N4OPtSi-2. The van der Waals surface area contributed by atoms with Gasteiger partial charge in [-0.2, -0.15) is 18.2 Å². The van der Waals surface area contributed by atoms with Crippen molar-refractivity contribution in [2.75, 3.05) is 0 Å². The number of rotatable bonds is 12. The molecule has 442 valence electrons. The second-order valence-corrected chi connectivity index (χ2v) is 25.8. The van der Waals surface area contributed by atoms with Crippen LogP contribution >= 0.6 is 0 Å². The molecule has 0 spiro atoms. The quantitative estimate of drug-likeness (QED) is 0.0529. The third-order valence-corrected chi connectivity index (χ3v) is 19.9. The summed E-state index contributed by atoms with van der Waals surface area (Å²) in [7, 11) is -7.10. The third kappa shape index (κ3) is 10.1. The van der Waals surface area contributed by atoms with Crippen molar-refractivity contribution in [3.8, 4) is 62.1 Å². The van der Waals surface area contributed by atoms with Crippen LogP contribution < -0.4 is 30.1 Å². The molecule has 3 heterocycles. The van der Waals surface area contributed by atoms with Gasteiger partial charge in [0.1, 0.15) is 5.82 Å². The fourth-order valence-corrected chi connectivity index (χ4v) is 15.7. The molecule has 15 rings (SSSR count). The van der Waals surface area contributed by atoms with Crippen LogP contribution in [0.3, 0.4) is 0 Å². The van der Waals surface area contributed by atoms with E-state index in [4.69, 9.17) is 27.5 Å². The predicted octanol–water partition coefficient (Wildman–Crippen LogP) is 17.2. The van der Waals surface area contributed by atoms with Gasteiger partial charge in [-0.1, -0.05) is 259 Å². The van der Waals surface area contributed by atoms with Gasteiger partial charge in [-0.3, -0.25) is 4.57 Å². The van der Waals surface area contributed by atoms with E-state index in [2.05, 4.69) is 18.5 Å². The van der Waals surface area contributed by atoms with Crippen LogP contribution in [-0.4, -0.2) is 22.2 Å². The zero-order valence-corrected chi connectivity index (χ0v) is 50.8. The minimum atomic E-state index is -7.10. The van der Waals surface area contributed by atoms with E-state index in [0.29, 0.717) is 16.7 Å². The van der Waals surface area contributed by atoms with E-state index < -0.39 is 293 Å². The molecule has 5 nitrogen and oxygen atoms in total. The van der Waals surface area contributed by atoms with Crippen LogP contribution in [0.4, 0.5) is 0 Å². The molecule has 90 heavy (non-hydrogen) atoms. The van der Waals surface area contributed by atoms with Gasteiger partial charge in [0, 0.05) is 60.7 Å². The molecule has 0 atom stereocenters. The Morgan fingerprint density at radius 2 is 1.18 bits per heavy atom. The number of fused-ring (bicyclic) bond motifs is 5. The van der Waals surface area contributed by atoms with Crippen LogP contribution in [0, 0.1) is 18.5 Å². The molecule has 1 aliphatic carbocycles. The van der Waals surface area contributed by atoms with Crippen molar-refractivity contribution in [1.29, 1.82) is 0 Å². The van der Waals surface area contributed by atoms with E-state index >= 15 is 0 Å². The molecule has 0 saturated carbocycles. The van der Waals surface area contributed by atoms with Gasteiger partial charge in [0.05, 0.1) is 55.1 Å². The summed E-state index contributed by atoms with van der Waals surface area (Å²) in [6.45, 7) is -10.7. The average molecular weight is 1400 g/mol. The van der Waals surface area contributed by atoms with Gasteiger partial charge in [0.25, 0.3) is 6.33 Å². The van der Waals surface area contributed by atoms with Gasteiger partial charge in [-0.05, 0) is 135 Å². The summed E-state index contributed by atoms with van der Waals surface area (Å²) in [5.74, 6) is 0.368. The molecule has 0 unspecified atom stereocenters. The number of ether oxygens (including phenoxy) is 1. The van der Waals surface area contributed by atoms with E-state index in [1.807, 2.05) is 61.7 Å². The fourth-order valence-electron chi connectivity index (χ4n) is 11.7. The second-order valence-electron chi connectivity index (χ2n) is 22.2. The van der Waals surface area contributed by atoms with E-state index in [0.717, 1.165) is 49.9 Å². The van der Waals surface area contributed by atoms with Crippen molar-refractivity contribution >= 4 is 61.7 Å². The molecule has 7 heteroatoms. The molecule has 0 aliphatic heterocycles. The largest absolute Gasteiger partial charge is 0.510 e. The molecule has 14 aromatic rings. The summed E-state index contributed by atoms with van der Waals surface area (Å²) in [5.41, 5.74) is -16.6. The monoisotopic (exact) mass is 1400 g/mol. The van der Waals surface area contributed by atoms with Crippen LogP contribution in [0.15, 0.2) is 272 Å². The van der Waals surface area contributed by atoms with Crippen LogP contribution in [0.25, 0.3) is 83.4 Å². The topological polar surface area (TPSA) is 35.9 Å². The van der Waals surface area contributed by atoms with Gasteiger partial charge in [0.2, 0.25) is 0 Å². The van der Waals surface area contributed by atoms with Gasteiger partial charge < -0.3 is 13.9 Å². The van der Waals surface area contributed by atoms with E-state index in [-0.39, 0.29) is 54.7 Å². The molecule has 0 N–H and O–H groups in total. The molecule has 0 bridgehead atoms. The summed E-state index contributed by atoms with van der Waals surface area (Å²) < 4.78 is 393. The van der Waals surface area contributed by atoms with Crippen LogP contribution in [0.5, 0.6) is 11.5 Å². The Hall–Kier alpha value is -9.45. The number of nitrogens with zero attached hydrogens (tertiary/aromatic N) is 4. The molecule has 11 aromatic carbocycles. The Balaban J connectivity index is 0.0000136. The molecule has 0 radical (unpaired) electrons. The first-order valence-electron chi connectivity index (χ1n) is 47.7. The number of para-hydroxylation sites is 1. The maximum Gasteiger partial charge on any atom is 0.268 e. The van der Waals surface area contributed by atoms with Crippen molar-refractivity contribution < 1.29 is 85.2 Å². The Bertz CT molecular complexity index is 6910. The number of imidazole rings is 1. The van der Waals surface area contributed by atoms with Crippen molar-refractivity contribution in [2.24, 2.45) is 0 Å². The van der Waals surface area contributed by atoms with Crippen molar-refractivity contribution in [2.45, 2.75) is 70.8 Å². The number of pyridine rings is 1. The maximum atomic E-state index is 10.9. The first-order valence-corrected chi connectivity index (χ1v) is 29.7. The summed E-state index contributed by atoms with van der Waals surface area (Å²) in [4.78, 5) is 4.78. The number of hydrogen-bond donors (Lipinski definition) is 0. The smallest absolute Gasteiger partial charge is 0.268 e. The third-order valence-electron chi connectivity index (χ3n) is 15.7. The normalized spacial score (nSPS) is 20.4. The molecule has 0 fully saturated rings. The van der Waals surface area contributed by atoms with Crippen molar-refractivity contribution in [3.05, 3.63) is 308 Å². The van der Waals surface area contributed by atoms with Crippen LogP contribution in [-0.2, 0) is 37.3 Å². The summed E-state index contributed by atoms with van der Waals surface area (Å²) >= 11 is 0. The van der Waals surface area contributed by atoms with E-state index in [1.165, 1.54) is 24.3 Å². The summed E-state index contributed by atoms with van der Waals surface area (Å²) in [5, 5.41) is -3.61. The fraction of sp³-hybridized carbons (Fsp3) is 0.133. The minimum absolute atomic E-state index is 0. The van der Waals surface area contributed by atoms with Crippen LogP contribution in [0.2, 0.25) is 0 Å². The zero-order chi connectivity index (χ0) is 95.0. The molecule has 3 aromatic heterocycles. The molecular weight excluding hydrogens is 1290 g/mol. The zero-order valence-electron chi connectivity index (χ0n) is 87.5. The van der Waals surface area contributed by atoms with E-state index in [1.54, 1.807) is 18.3 Å². The van der Waals surface area contributed by atoms with Gasteiger partial charge in [-0.25, -0.2) is 4.98 Å². The Morgan fingerprint density at radius 3 is 1.83 bits per heavy atom. The molecule has 0 saturated heterocycles. The molecule has 1 aliphatic rings. The first kappa shape index (κ1) is 28.6. The minimum Gasteiger partial charge on any atom is -0.510 e. The Labute approximate surface area is 600 Å². The average Bonchev–Trinajstić information content (AvgIpc) is 1.50. The van der Waals surface area contributed by atoms with E-state index in [9.17, 15) is 37.0 Å². The van der Waals surface area contributed by atoms with Crippen molar-refractivity contribution in [1.82, 2.24) is 14.1 Å².